The molecule has 0 unspecified atom stereocenters. The third kappa shape index (κ3) is 2.41. The van der Waals surface area contributed by atoms with E-state index in [1.54, 1.807) is 6.20 Å². The third-order valence-electron chi connectivity index (χ3n) is 3.87. The van der Waals surface area contributed by atoms with Gasteiger partial charge in [0.15, 0.2) is 0 Å². The molecule has 0 radical (unpaired) electrons. The number of hydrogen-bond acceptors (Lipinski definition) is 3. The minimum Gasteiger partial charge on any atom is -0.379 e. The van der Waals surface area contributed by atoms with Gasteiger partial charge in [-0.1, -0.05) is 12.8 Å². The number of carbonyl (C=O) groups excluding carboxylic acids is 1. The van der Waals surface area contributed by atoms with Crippen molar-refractivity contribution in [2.75, 3.05) is 18.5 Å². The molecule has 1 aromatic heterocycles. The summed E-state index contributed by atoms with van der Waals surface area (Å²) >= 11 is 0. The molecule has 5 heteroatoms. The smallest absolute Gasteiger partial charge is 0.227 e. The molecule has 1 aliphatic heterocycles. The van der Waals surface area contributed by atoms with Crippen molar-refractivity contribution >= 4 is 11.6 Å². The molecule has 1 saturated heterocycles. The van der Waals surface area contributed by atoms with Crippen LogP contribution in [-0.2, 0) is 9.53 Å². The molecule has 0 aromatic carbocycles. The van der Waals surface area contributed by atoms with Crippen molar-refractivity contribution in [3.05, 3.63) is 12.4 Å². The zero-order valence-corrected chi connectivity index (χ0v) is 10.5. The van der Waals surface area contributed by atoms with E-state index in [2.05, 4.69) is 10.4 Å². The summed E-state index contributed by atoms with van der Waals surface area (Å²) in [7, 11) is 0. The Kier molecular flexibility index (Phi) is 3.32. The van der Waals surface area contributed by atoms with E-state index in [1.807, 2.05) is 10.9 Å². The molecule has 3 rings (SSSR count). The van der Waals surface area contributed by atoms with Gasteiger partial charge in [-0.3, -0.25) is 9.48 Å². The molecule has 1 N–H and O–H groups in total. The van der Waals surface area contributed by atoms with Gasteiger partial charge in [-0.2, -0.15) is 5.10 Å². The Hall–Kier alpha value is -1.36. The maximum Gasteiger partial charge on any atom is 0.227 e. The van der Waals surface area contributed by atoms with Crippen LogP contribution in [0.2, 0.25) is 0 Å². The average molecular weight is 249 g/mol. The maximum absolute atomic E-state index is 12.0. The van der Waals surface area contributed by atoms with E-state index in [-0.39, 0.29) is 11.8 Å². The van der Waals surface area contributed by atoms with Gasteiger partial charge in [0, 0.05) is 18.7 Å². The number of rotatable bonds is 3. The summed E-state index contributed by atoms with van der Waals surface area (Å²) in [6.45, 7) is 1.52. The molecule has 1 aliphatic carbocycles. The van der Waals surface area contributed by atoms with Crippen molar-refractivity contribution in [2.24, 2.45) is 5.92 Å². The van der Waals surface area contributed by atoms with Crippen LogP contribution in [0.1, 0.15) is 38.1 Å². The molecule has 98 valence electrons. The van der Waals surface area contributed by atoms with Crippen LogP contribution in [0.4, 0.5) is 5.69 Å². The second-order valence-electron chi connectivity index (χ2n) is 5.20. The fraction of sp³-hybridized carbons (Fsp3) is 0.692. The number of nitrogens with zero attached hydrogens (tertiary/aromatic N) is 2. The number of amides is 1. The van der Waals surface area contributed by atoms with Gasteiger partial charge < -0.3 is 10.1 Å². The van der Waals surface area contributed by atoms with E-state index < -0.39 is 0 Å². The Morgan fingerprint density at radius 1 is 1.39 bits per heavy atom. The standard InChI is InChI=1S/C13H19N3O2/c17-13(10-3-1-2-4-10)15-11-7-14-16(8-11)12-5-6-18-9-12/h7-8,10,12H,1-6,9H2,(H,15,17)/t12-/m1/s1. The number of ether oxygens (including phenoxy) is 1. The van der Waals surface area contributed by atoms with Crippen LogP contribution >= 0.6 is 0 Å². The first-order valence-corrected chi connectivity index (χ1v) is 6.76. The molecule has 2 aliphatic rings. The molecule has 5 nitrogen and oxygen atoms in total. The Bertz CT molecular complexity index is 418. The molecule has 1 saturated carbocycles. The topological polar surface area (TPSA) is 56.2 Å². The van der Waals surface area contributed by atoms with Gasteiger partial charge >= 0.3 is 0 Å². The van der Waals surface area contributed by atoms with E-state index in [4.69, 9.17) is 4.74 Å². The maximum atomic E-state index is 12.0. The highest BCUT2D eigenvalue weighted by molar-refractivity contribution is 5.92. The van der Waals surface area contributed by atoms with Crippen molar-refractivity contribution in [1.29, 1.82) is 0 Å². The monoisotopic (exact) mass is 249 g/mol. The number of aromatic nitrogens is 2. The second kappa shape index (κ2) is 5.10. The molecular weight excluding hydrogens is 230 g/mol. The van der Waals surface area contributed by atoms with Crippen molar-refractivity contribution in [1.82, 2.24) is 9.78 Å². The molecule has 2 fully saturated rings. The summed E-state index contributed by atoms with van der Waals surface area (Å²) in [6.07, 6.45) is 9.04. The normalized spacial score (nSPS) is 24.6. The highest BCUT2D eigenvalue weighted by atomic mass is 16.5. The molecule has 0 bridgehead atoms. The Labute approximate surface area is 107 Å². The van der Waals surface area contributed by atoms with Gasteiger partial charge in [-0.05, 0) is 19.3 Å². The third-order valence-corrected chi connectivity index (χ3v) is 3.87. The number of anilines is 1. The fourth-order valence-corrected chi connectivity index (χ4v) is 2.77. The Morgan fingerprint density at radius 2 is 2.22 bits per heavy atom. The first kappa shape index (κ1) is 11.7. The summed E-state index contributed by atoms with van der Waals surface area (Å²) in [5.74, 6) is 0.345. The Balaban J connectivity index is 1.60. The molecule has 18 heavy (non-hydrogen) atoms. The first-order chi connectivity index (χ1) is 8.83. The molecule has 1 aromatic rings. The summed E-state index contributed by atoms with van der Waals surface area (Å²) in [5, 5.41) is 7.26. The lowest BCUT2D eigenvalue weighted by Crippen LogP contribution is -2.20. The average Bonchev–Trinajstić information content (AvgIpc) is 3.12. The lowest BCUT2D eigenvalue weighted by Gasteiger charge is -2.09. The molecular formula is C13H19N3O2. The van der Waals surface area contributed by atoms with E-state index in [1.165, 1.54) is 12.8 Å². The predicted octanol–water partition coefficient (Wildman–Crippen LogP) is 1.97. The predicted molar refractivity (Wildman–Crippen MR) is 67.3 cm³/mol. The van der Waals surface area contributed by atoms with Gasteiger partial charge in [-0.25, -0.2) is 0 Å². The van der Waals surface area contributed by atoms with Gasteiger partial charge in [0.2, 0.25) is 5.91 Å². The zero-order valence-electron chi connectivity index (χ0n) is 10.5. The second-order valence-corrected chi connectivity index (χ2v) is 5.20. The molecule has 0 spiro atoms. The number of carbonyl (C=O) groups is 1. The number of nitrogens with one attached hydrogen (secondary N) is 1. The summed E-state index contributed by atoms with van der Waals surface area (Å²) in [4.78, 5) is 12.0. The van der Waals surface area contributed by atoms with Crippen LogP contribution in [0.25, 0.3) is 0 Å². The molecule has 1 amide bonds. The van der Waals surface area contributed by atoms with Crippen LogP contribution in [-0.4, -0.2) is 28.9 Å². The van der Waals surface area contributed by atoms with Crippen molar-refractivity contribution < 1.29 is 9.53 Å². The van der Waals surface area contributed by atoms with Gasteiger partial charge in [0.1, 0.15) is 0 Å². The van der Waals surface area contributed by atoms with Crippen LogP contribution in [0.3, 0.4) is 0 Å². The summed E-state index contributed by atoms with van der Waals surface area (Å²) in [5.41, 5.74) is 0.804. The van der Waals surface area contributed by atoms with Crippen LogP contribution in [0.15, 0.2) is 12.4 Å². The lowest BCUT2D eigenvalue weighted by atomic mass is 10.1. The zero-order chi connectivity index (χ0) is 12.4. The highest BCUT2D eigenvalue weighted by Gasteiger charge is 2.23. The minimum absolute atomic E-state index is 0.148. The van der Waals surface area contributed by atoms with Gasteiger partial charge in [0.05, 0.1) is 24.5 Å². The van der Waals surface area contributed by atoms with E-state index >= 15 is 0 Å². The molecule has 2 heterocycles. The molecule has 1 atom stereocenters. The fourth-order valence-electron chi connectivity index (χ4n) is 2.77. The number of hydrogen-bond donors (Lipinski definition) is 1. The van der Waals surface area contributed by atoms with Crippen LogP contribution in [0, 0.1) is 5.92 Å². The van der Waals surface area contributed by atoms with Crippen molar-refractivity contribution in [2.45, 2.75) is 38.1 Å². The SMILES string of the molecule is O=C(Nc1cnn([C@@H]2CCOC2)c1)C1CCCC1. The quantitative estimate of drug-likeness (QED) is 0.891. The van der Waals surface area contributed by atoms with E-state index in [9.17, 15) is 4.79 Å². The van der Waals surface area contributed by atoms with Gasteiger partial charge in [0.25, 0.3) is 0 Å². The highest BCUT2D eigenvalue weighted by Crippen LogP contribution is 2.26. The van der Waals surface area contributed by atoms with Crippen LogP contribution in [0.5, 0.6) is 0 Å². The first-order valence-electron chi connectivity index (χ1n) is 6.76. The largest absolute Gasteiger partial charge is 0.379 e. The Morgan fingerprint density at radius 3 is 2.94 bits per heavy atom. The van der Waals surface area contributed by atoms with Crippen LogP contribution < -0.4 is 5.32 Å². The van der Waals surface area contributed by atoms with Gasteiger partial charge in [-0.15, -0.1) is 0 Å². The summed E-state index contributed by atoms with van der Waals surface area (Å²) < 4.78 is 7.24. The van der Waals surface area contributed by atoms with Crippen molar-refractivity contribution in [3.8, 4) is 0 Å². The summed E-state index contributed by atoms with van der Waals surface area (Å²) in [6, 6.07) is 0.321. The van der Waals surface area contributed by atoms with E-state index in [0.717, 1.165) is 38.2 Å². The lowest BCUT2D eigenvalue weighted by molar-refractivity contribution is -0.119. The minimum atomic E-state index is 0.148. The van der Waals surface area contributed by atoms with Crippen molar-refractivity contribution in [3.63, 3.8) is 0 Å². The van der Waals surface area contributed by atoms with E-state index in [0.29, 0.717) is 6.04 Å².